The molecule has 0 heterocycles. The number of nitrogens with two attached hydrogens (primary N) is 1. The van der Waals surface area contributed by atoms with Gasteiger partial charge in [-0.25, -0.2) is 0 Å². The fraction of sp³-hybridized carbons (Fsp3) is 0. The van der Waals surface area contributed by atoms with Gasteiger partial charge in [-0.05, 0) is 0 Å². The first-order valence-corrected chi connectivity index (χ1v) is 1.62. The Kier molecular flexibility index (Phi) is 17.5. The van der Waals surface area contributed by atoms with Crippen LogP contribution in [0.5, 0.6) is 0 Å². The van der Waals surface area contributed by atoms with Crippen molar-refractivity contribution in [3.63, 3.8) is 0 Å². The molecule has 0 aromatic carbocycles. The van der Waals surface area contributed by atoms with Crippen molar-refractivity contribution in [1.82, 2.24) is 0 Å². The molecule has 0 aliphatic heterocycles. The van der Waals surface area contributed by atoms with E-state index in [1.165, 1.54) is 0 Å². The first-order chi connectivity index (χ1) is 1.91. The van der Waals surface area contributed by atoms with Crippen LogP contribution in [-0.4, -0.2) is 59.8 Å². The second kappa shape index (κ2) is 9.05. The van der Waals surface area contributed by atoms with E-state index in [-0.39, 0.29) is 37.7 Å². The topological polar surface area (TPSA) is 26.0 Å². The normalized spacial score (nSPS) is 4.20. The van der Waals surface area contributed by atoms with Crippen molar-refractivity contribution in [3.8, 4) is 0 Å². The first kappa shape index (κ1) is 9.65. The second-order valence-electron chi connectivity index (χ2n) is 0.789. The summed E-state index contributed by atoms with van der Waals surface area (Å²) in [5.74, 6) is 0. The second-order valence-corrected chi connectivity index (χ2v) is 0.789. The predicted molar refractivity (Wildman–Crippen MR) is 35.6 cm³/mol. The summed E-state index contributed by atoms with van der Waals surface area (Å²) in [4.78, 5) is 0. The molecule has 0 unspecified atom stereocenters. The maximum atomic E-state index is 5.03. The Bertz CT molecular complexity index is 8.85. The van der Waals surface area contributed by atoms with Gasteiger partial charge in [0, 0.05) is 0 Å². The number of hydrogen-bond donors (Lipinski definition) is 1. The zero-order chi connectivity index (χ0) is 3.41. The third-order valence-corrected chi connectivity index (χ3v) is 0.289. The van der Waals surface area contributed by atoms with Crippen LogP contribution in [0.25, 0.3) is 0 Å². The van der Waals surface area contributed by atoms with Crippen LogP contribution in [0.15, 0.2) is 0 Å². The Morgan fingerprint density at radius 2 is 1.80 bits per heavy atom. The SMILES string of the molecule is BBBN.[CaH2]. The van der Waals surface area contributed by atoms with Crippen LogP contribution in [-0.2, 0) is 0 Å². The van der Waals surface area contributed by atoms with Gasteiger partial charge in [-0.1, -0.05) is 0 Å². The van der Waals surface area contributed by atoms with Gasteiger partial charge in [-0.15, -0.1) is 0 Å². The average molecular weight is 94.6 g/mol. The Morgan fingerprint density at radius 1 is 1.60 bits per heavy atom. The molecule has 0 aromatic heterocycles. The molecule has 2 N–H and O–H groups in total. The van der Waals surface area contributed by atoms with Crippen LogP contribution in [0, 0.1) is 0 Å². The van der Waals surface area contributed by atoms with Crippen LogP contribution in [0.1, 0.15) is 0 Å². The van der Waals surface area contributed by atoms with Crippen LogP contribution in [0.3, 0.4) is 0 Å². The molecule has 0 amide bonds. The molecule has 0 saturated carbocycles. The summed E-state index contributed by atoms with van der Waals surface area (Å²) >= 11 is 0. The van der Waals surface area contributed by atoms with Gasteiger partial charge in [-0.3, -0.25) is 0 Å². The number of rotatable bonds is 1. The molecule has 5 heavy (non-hydrogen) atoms. The van der Waals surface area contributed by atoms with Crippen molar-refractivity contribution < 1.29 is 0 Å². The van der Waals surface area contributed by atoms with Crippen LogP contribution < -0.4 is 5.64 Å². The summed E-state index contributed by atoms with van der Waals surface area (Å²) in [6, 6.07) is 0. The fourth-order valence-corrected chi connectivity index (χ4v) is 0. The molecule has 0 aliphatic rings. The van der Waals surface area contributed by atoms with E-state index in [1.807, 2.05) is 0 Å². The Labute approximate surface area is 64.9 Å². The first-order valence-electron chi connectivity index (χ1n) is 1.62. The molecule has 0 rings (SSSR count). The standard InChI is InChI=1S/B3H6N.Ca.2H/c1-2-3-4;;;/h2-3H,1,4H2;;;. The van der Waals surface area contributed by atoms with E-state index in [0.717, 1.165) is 14.4 Å². The molecule has 0 radical (unpaired) electrons. The van der Waals surface area contributed by atoms with E-state index in [1.54, 1.807) is 0 Å². The molecular weight excluding hydrogens is 86.5 g/mol. The van der Waals surface area contributed by atoms with E-state index < -0.39 is 0 Å². The van der Waals surface area contributed by atoms with Crippen LogP contribution in [0.4, 0.5) is 0 Å². The zero-order valence-electron chi connectivity index (χ0n) is 2.99. The molecule has 0 aromatic rings. The van der Waals surface area contributed by atoms with E-state index in [9.17, 15) is 0 Å². The summed E-state index contributed by atoms with van der Waals surface area (Å²) in [6.07, 6.45) is 0. The van der Waals surface area contributed by atoms with E-state index in [4.69, 9.17) is 5.64 Å². The van der Waals surface area contributed by atoms with Gasteiger partial charge in [0.2, 0.25) is 0 Å². The Hall–Kier alpha value is 1.41. The maximum absolute atomic E-state index is 5.03. The summed E-state index contributed by atoms with van der Waals surface area (Å²) < 4.78 is 0. The molecule has 0 bridgehead atoms. The Balaban J connectivity index is 0. The molecule has 0 saturated heterocycles. The van der Waals surface area contributed by atoms with Gasteiger partial charge in [-0.2, -0.15) is 0 Å². The van der Waals surface area contributed by atoms with Gasteiger partial charge in [0.05, 0.1) is 14.8 Å². The van der Waals surface area contributed by atoms with Crippen molar-refractivity contribution in [3.05, 3.63) is 0 Å². The molecule has 0 atom stereocenters. The third-order valence-electron chi connectivity index (χ3n) is 0.289. The van der Waals surface area contributed by atoms with Gasteiger partial charge in [0.1, 0.15) is 7.31 Å². The zero-order valence-corrected chi connectivity index (χ0v) is 2.99. The third kappa shape index (κ3) is 10.8. The molecule has 0 fully saturated rings. The minimum absolute atomic E-state index is 0. The molecule has 0 aliphatic carbocycles. The van der Waals surface area contributed by atoms with E-state index in [0.29, 0.717) is 0 Å². The van der Waals surface area contributed by atoms with Crippen LogP contribution in [0.2, 0.25) is 0 Å². The van der Waals surface area contributed by atoms with E-state index >= 15 is 0 Å². The van der Waals surface area contributed by atoms with Crippen LogP contribution >= 0.6 is 0 Å². The minimum atomic E-state index is 0. The molecular formula is H8B3CaN. The molecule has 0 spiro atoms. The summed E-state index contributed by atoms with van der Waals surface area (Å²) in [5.41, 5.74) is 5.03. The van der Waals surface area contributed by atoms with Gasteiger partial charge in [0.15, 0.2) is 0 Å². The average Bonchev–Trinajstić information content (AvgIpc) is 1.37. The van der Waals surface area contributed by atoms with Crippen molar-refractivity contribution in [2.24, 2.45) is 5.64 Å². The summed E-state index contributed by atoms with van der Waals surface area (Å²) in [5, 5.41) is 0. The predicted octanol–water partition coefficient (Wildman–Crippen LogP) is -3.72. The summed E-state index contributed by atoms with van der Waals surface area (Å²) in [7, 11) is 3.97. The van der Waals surface area contributed by atoms with Gasteiger partial charge >= 0.3 is 37.7 Å². The quantitative estimate of drug-likeness (QED) is 0.333. The molecule has 1 nitrogen and oxygen atoms in total. The number of hydrogen-bond acceptors (Lipinski definition) is 1. The van der Waals surface area contributed by atoms with Crippen molar-refractivity contribution in [2.75, 3.05) is 0 Å². The molecule has 24 valence electrons. The summed E-state index contributed by atoms with van der Waals surface area (Å²) in [6.45, 7) is 0. The Morgan fingerprint density at radius 3 is 1.80 bits per heavy atom. The molecule has 5 heteroatoms. The van der Waals surface area contributed by atoms with E-state index in [2.05, 4.69) is 7.74 Å². The van der Waals surface area contributed by atoms with Crippen molar-refractivity contribution in [1.29, 1.82) is 0 Å². The van der Waals surface area contributed by atoms with Crippen molar-refractivity contribution in [2.45, 2.75) is 0 Å². The monoisotopic (exact) mass is 95.1 g/mol. The van der Waals surface area contributed by atoms with Gasteiger partial charge < -0.3 is 5.64 Å². The fourth-order valence-electron chi connectivity index (χ4n) is 0. The van der Waals surface area contributed by atoms with Crippen molar-refractivity contribution >= 4 is 59.8 Å². The van der Waals surface area contributed by atoms with Gasteiger partial charge in [0.25, 0.3) is 0 Å².